The van der Waals surface area contributed by atoms with Crippen molar-refractivity contribution in [1.29, 1.82) is 0 Å². The SMILES string of the molecule is C=CCN(CC=C)c1cc(C(=O)OC)ncn1. The predicted molar refractivity (Wildman–Crippen MR) is 66.0 cm³/mol. The second kappa shape index (κ2) is 6.42. The molecule has 0 saturated carbocycles. The van der Waals surface area contributed by atoms with Crippen LogP contribution in [0.15, 0.2) is 37.7 Å². The van der Waals surface area contributed by atoms with Crippen LogP contribution >= 0.6 is 0 Å². The third-order valence-electron chi connectivity index (χ3n) is 2.07. The number of rotatable bonds is 6. The largest absolute Gasteiger partial charge is 0.464 e. The van der Waals surface area contributed by atoms with E-state index in [1.807, 2.05) is 4.90 Å². The number of carbonyl (C=O) groups is 1. The van der Waals surface area contributed by atoms with Crippen LogP contribution in [0.25, 0.3) is 0 Å². The molecule has 17 heavy (non-hydrogen) atoms. The van der Waals surface area contributed by atoms with E-state index >= 15 is 0 Å². The molecule has 0 aliphatic heterocycles. The van der Waals surface area contributed by atoms with E-state index in [1.165, 1.54) is 13.4 Å². The van der Waals surface area contributed by atoms with E-state index in [9.17, 15) is 4.79 Å². The van der Waals surface area contributed by atoms with Crippen LogP contribution in [0, 0.1) is 0 Å². The van der Waals surface area contributed by atoms with Gasteiger partial charge in [-0.3, -0.25) is 0 Å². The molecule has 0 bridgehead atoms. The quantitative estimate of drug-likeness (QED) is 0.549. The van der Waals surface area contributed by atoms with Crippen LogP contribution in [-0.2, 0) is 4.74 Å². The molecule has 0 amide bonds. The van der Waals surface area contributed by atoms with Crippen molar-refractivity contribution in [3.05, 3.63) is 43.4 Å². The standard InChI is InChI=1S/C12H15N3O2/c1-4-6-15(7-5-2)11-8-10(12(16)17-3)13-9-14-11/h4-5,8-9H,1-2,6-7H2,3H3. The minimum atomic E-state index is -0.481. The zero-order valence-electron chi connectivity index (χ0n) is 9.80. The lowest BCUT2D eigenvalue weighted by Crippen LogP contribution is -2.24. The molecule has 1 rings (SSSR count). The van der Waals surface area contributed by atoms with Crippen molar-refractivity contribution in [2.45, 2.75) is 0 Å². The van der Waals surface area contributed by atoms with Crippen molar-refractivity contribution in [3.63, 3.8) is 0 Å². The summed E-state index contributed by atoms with van der Waals surface area (Å²) in [5, 5.41) is 0. The summed E-state index contributed by atoms with van der Waals surface area (Å²) in [6, 6.07) is 1.58. The molecular formula is C12H15N3O2. The fourth-order valence-corrected chi connectivity index (χ4v) is 1.31. The zero-order valence-corrected chi connectivity index (χ0v) is 9.80. The molecule has 90 valence electrons. The van der Waals surface area contributed by atoms with Crippen LogP contribution in [0.3, 0.4) is 0 Å². The van der Waals surface area contributed by atoms with Crippen LogP contribution < -0.4 is 4.90 Å². The Morgan fingerprint density at radius 2 is 2.06 bits per heavy atom. The highest BCUT2D eigenvalue weighted by Crippen LogP contribution is 2.11. The summed E-state index contributed by atoms with van der Waals surface area (Å²) in [5.74, 6) is 0.158. The van der Waals surface area contributed by atoms with Gasteiger partial charge in [-0.1, -0.05) is 12.2 Å². The summed E-state index contributed by atoms with van der Waals surface area (Å²) in [4.78, 5) is 21.2. The lowest BCUT2D eigenvalue weighted by atomic mass is 10.3. The average Bonchev–Trinajstić information content (AvgIpc) is 2.37. The molecule has 0 N–H and O–H groups in total. The number of aromatic nitrogens is 2. The van der Waals surface area contributed by atoms with Gasteiger partial charge in [0.15, 0.2) is 5.69 Å². The van der Waals surface area contributed by atoms with Crippen molar-refractivity contribution in [2.24, 2.45) is 0 Å². The van der Waals surface area contributed by atoms with Gasteiger partial charge in [-0.05, 0) is 0 Å². The third kappa shape index (κ3) is 3.41. The fraction of sp³-hybridized carbons (Fsp3) is 0.250. The van der Waals surface area contributed by atoms with E-state index < -0.39 is 5.97 Å². The summed E-state index contributed by atoms with van der Waals surface area (Å²) in [6.07, 6.45) is 4.84. The van der Waals surface area contributed by atoms with E-state index in [4.69, 9.17) is 0 Å². The predicted octanol–water partition coefficient (Wildman–Crippen LogP) is 1.44. The summed E-state index contributed by atoms with van der Waals surface area (Å²) >= 11 is 0. The first-order valence-corrected chi connectivity index (χ1v) is 5.10. The first-order valence-electron chi connectivity index (χ1n) is 5.10. The molecule has 1 aromatic heterocycles. The van der Waals surface area contributed by atoms with Crippen LogP contribution in [0.1, 0.15) is 10.5 Å². The molecule has 0 atom stereocenters. The molecule has 1 heterocycles. The van der Waals surface area contributed by atoms with Gasteiger partial charge in [0, 0.05) is 19.2 Å². The van der Waals surface area contributed by atoms with Crippen LogP contribution in [0.4, 0.5) is 5.82 Å². The maximum Gasteiger partial charge on any atom is 0.356 e. The monoisotopic (exact) mass is 233 g/mol. The molecule has 0 unspecified atom stereocenters. The van der Waals surface area contributed by atoms with E-state index in [0.717, 1.165) is 0 Å². The Labute approximate surface area is 100 Å². The van der Waals surface area contributed by atoms with Gasteiger partial charge in [-0.25, -0.2) is 14.8 Å². The highest BCUT2D eigenvalue weighted by molar-refractivity contribution is 5.87. The van der Waals surface area contributed by atoms with E-state index in [0.29, 0.717) is 18.9 Å². The Morgan fingerprint density at radius 1 is 1.41 bits per heavy atom. The van der Waals surface area contributed by atoms with Gasteiger partial charge in [0.2, 0.25) is 0 Å². The topological polar surface area (TPSA) is 55.3 Å². The molecular weight excluding hydrogens is 218 g/mol. The van der Waals surface area contributed by atoms with Gasteiger partial charge in [-0.15, -0.1) is 13.2 Å². The number of anilines is 1. The Kier molecular flexibility index (Phi) is 4.87. The third-order valence-corrected chi connectivity index (χ3v) is 2.07. The van der Waals surface area contributed by atoms with Crippen molar-refractivity contribution >= 4 is 11.8 Å². The Balaban J connectivity index is 2.98. The van der Waals surface area contributed by atoms with Crippen LogP contribution in [0.2, 0.25) is 0 Å². The van der Waals surface area contributed by atoms with Crippen molar-refractivity contribution in [3.8, 4) is 0 Å². The molecule has 0 aliphatic carbocycles. The fourth-order valence-electron chi connectivity index (χ4n) is 1.31. The Bertz CT molecular complexity index is 408. The maximum absolute atomic E-state index is 11.3. The van der Waals surface area contributed by atoms with Crippen LogP contribution in [-0.4, -0.2) is 36.1 Å². The first-order chi connectivity index (χ1) is 8.22. The molecule has 1 aromatic rings. The first kappa shape index (κ1) is 12.9. The van der Waals surface area contributed by atoms with Gasteiger partial charge in [-0.2, -0.15) is 0 Å². The lowest BCUT2D eigenvalue weighted by Gasteiger charge is -2.20. The molecule has 5 nitrogen and oxygen atoms in total. The number of esters is 1. The van der Waals surface area contributed by atoms with Gasteiger partial charge < -0.3 is 9.64 Å². The number of hydrogen-bond acceptors (Lipinski definition) is 5. The molecule has 0 aliphatic rings. The molecule has 0 fully saturated rings. The smallest absolute Gasteiger partial charge is 0.356 e. The zero-order chi connectivity index (χ0) is 12.7. The van der Waals surface area contributed by atoms with Gasteiger partial charge >= 0.3 is 5.97 Å². The number of carbonyl (C=O) groups excluding carboxylic acids is 1. The molecule has 0 spiro atoms. The summed E-state index contributed by atoms with van der Waals surface area (Å²) in [7, 11) is 1.31. The van der Waals surface area contributed by atoms with Gasteiger partial charge in [0.05, 0.1) is 7.11 Å². The number of nitrogens with zero attached hydrogens (tertiary/aromatic N) is 3. The van der Waals surface area contributed by atoms with Crippen molar-refractivity contribution in [1.82, 2.24) is 9.97 Å². The number of ether oxygens (including phenoxy) is 1. The van der Waals surface area contributed by atoms with Gasteiger partial charge in [0.1, 0.15) is 12.1 Å². The minimum absolute atomic E-state index is 0.232. The van der Waals surface area contributed by atoms with Crippen LogP contribution in [0.5, 0.6) is 0 Å². The van der Waals surface area contributed by atoms with Gasteiger partial charge in [0.25, 0.3) is 0 Å². The normalized spacial score (nSPS) is 9.47. The molecule has 0 aromatic carbocycles. The minimum Gasteiger partial charge on any atom is -0.464 e. The highest BCUT2D eigenvalue weighted by atomic mass is 16.5. The molecule has 5 heteroatoms. The molecule has 0 saturated heterocycles. The summed E-state index contributed by atoms with van der Waals surface area (Å²) in [6.45, 7) is 8.57. The number of methoxy groups -OCH3 is 1. The van der Waals surface area contributed by atoms with Crippen molar-refractivity contribution < 1.29 is 9.53 Å². The lowest BCUT2D eigenvalue weighted by molar-refractivity contribution is 0.0594. The Morgan fingerprint density at radius 3 is 2.59 bits per heavy atom. The maximum atomic E-state index is 11.3. The highest BCUT2D eigenvalue weighted by Gasteiger charge is 2.11. The Hall–Kier alpha value is -2.17. The average molecular weight is 233 g/mol. The second-order valence-corrected chi connectivity index (χ2v) is 3.24. The second-order valence-electron chi connectivity index (χ2n) is 3.24. The van der Waals surface area contributed by atoms with E-state index in [2.05, 4.69) is 27.9 Å². The summed E-state index contributed by atoms with van der Waals surface area (Å²) in [5.41, 5.74) is 0.232. The van der Waals surface area contributed by atoms with E-state index in [1.54, 1.807) is 18.2 Å². The number of hydrogen-bond donors (Lipinski definition) is 0. The van der Waals surface area contributed by atoms with E-state index in [-0.39, 0.29) is 5.69 Å². The van der Waals surface area contributed by atoms with Crippen molar-refractivity contribution in [2.75, 3.05) is 25.1 Å². The summed E-state index contributed by atoms with van der Waals surface area (Å²) < 4.78 is 4.60. The molecule has 0 radical (unpaired) electrons.